The van der Waals surface area contributed by atoms with Gasteiger partial charge >= 0.3 is 0 Å². The van der Waals surface area contributed by atoms with Crippen LogP contribution in [0.1, 0.15) is 0 Å². The maximum absolute atomic E-state index is 10.3. The van der Waals surface area contributed by atoms with Gasteiger partial charge in [0.15, 0.2) is 0 Å². The molecule has 11 heavy (non-hydrogen) atoms. The third-order valence-electron chi connectivity index (χ3n) is 1.17. The molecule has 0 aliphatic heterocycles. The van der Waals surface area contributed by atoms with E-state index in [1.54, 1.807) is 24.1 Å². The average molecular weight is 154 g/mol. The molecule has 1 aromatic heterocycles. The number of primary amides is 1. The first-order valence-corrected chi connectivity index (χ1v) is 3.19. The lowest BCUT2D eigenvalue weighted by Crippen LogP contribution is -2.21. The number of hydrogen-bond acceptors (Lipinski definition) is 3. The number of nitrogens with zero attached hydrogens (tertiary/aromatic N) is 2. The van der Waals surface area contributed by atoms with Gasteiger partial charge < -0.3 is 11.1 Å². The molecule has 60 valence electrons. The normalized spacial score (nSPS) is 9.55. The van der Waals surface area contributed by atoms with E-state index in [1.165, 1.54) is 0 Å². The maximum atomic E-state index is 10.3. The van der Waals surface area contributed by atoms with Gasteiger partial charge in [0, 0.05) is 13.2 Å². The Kier molecular flexibility index (Phi) is 2.10. The molecule has 0 bridgehead atoms. The van der Waals surface area contributed by atoms with Crippen LogP contribution >= 0.6 is 0 Å². The molecule has 5 nitrogen and oxygen atoms in total. The highest BCUT2D eigenvalue weighted by molar-refractivity contribution is 5.78. The van der Waals surface area contributed by atoms with Gasteiger partial charge in [0.1, 0.15) is 0 Å². The Morgan fingerprint density at radius 3 is 3.09 bits per heavy atom. The summed E-state index contributed by atoms with van der Waals surface area (Å²) < 4.78 is 1.64. The lowest BCUT2D eigenvalue weighted by atomic mass is 10.5. The molecule has 1 heterocycles. The first kappa shape index (κ1) is 7.59. The van der Waals surface area contributed by atoms with Gasteiger partial charge in [-0.1, -0.05) is 0 Å². The Labute approximate surface area is 64.2 Å². The predicted octanol–water partition coefficient (Wildman–Crippen LogP) is -0.683. The molecule has 5 heteroatoms. The first-order chi connectivity index (χ1) is 5.18. The first-order valence-electron chi connectivity index (χ1n) is 3.19. The van der Waals surface area contributed by atoms with Crippen molar-refractivity contribution in [3.8, 4) is 0 Å². The Morgan fingerprint density at radius 2 is 2.64 bits per heavy atom. The summed E-state index contributed by atoms with van der Waals surface area (Å²) in [6.07, 6.45) is 3.39. The number of aromatic nitrogens is 2. The molecule has 1 amide bonds. The molecular formula is C6H10N4O. The van der Waals surface area contributed by atoms with Crippen molar-refractivity contribution in [3.05, 3.63) is 12.4 Å². The summed E-state index contributed by atoms with van der Waals surface area (Å²) in [6.45, 7) is 0.145. The number of nitrogens with two attached hydrogens (primary N) is 1. The van der Waals surface area contributed by atoms with Gasteiger partial charge in [-0.05, 0) is 0 Å². The van der Waals surface area contributed by atoms with Crippen LogP contribution < -0.4 is 11.1 Å². The Bertz CT molecular complexity index is 255. The smallest absolute Gasteiger partial charge is 0.236 e. The minimum atomic E-state index is -0.381. The van der Waals surface area contributed by atoms with Gasteiger partial charge in [-0.15, -0.1) is 0 Å². The van der Waals surface area contributed by atoms with E-state index >= 15 is 0 Å². The van der Waals surface area contributed by atoms with Crippen molar-refractivity contribution in [2.75, 3.05) is 11.9 Å². The molecule has 1 aromatic rings. The van der Waals surface area contributed by atoms with Crippen molar-refractivity contribution in [3.63, 3.8) is 0 Å². The molecule has 0 fully saturated rings. The monoisotopic (exact) mass is 154 g/mol. The van der Waals surface area contributed by atoms with Crippen LogP contribution in [0.25, 0.3) is 0 Å². The summed E-state index contributed by atoms with van der Waals surface area (Å²) in [5.74, 6) is -0.381. The molecule has 0 radical (unpaired) electrons. The molecule has 0 saturated heterocycles. The number of rotatable bonds is 3. The van der Waals surface area contributed by atoms with Crippen LogP contribution in [0.5, 0.6) is 0 Å². The summed E-state index contributed by atoms with van der Waals surface area (Å²) in [5, 5.41) is 6.70. The Morgan fingerprint density at radius 1 is 1.91 bits per heavy atom. The summed E-state index contributed by atoms with van der Waals surface area (Å²) in [4.78, 5) is 10.3. The van der Waals surface area contributed by atoms with Gasteiger partial charge in [0.2, 0.25) is 5.91 Å². The number of anilines is 1. The molecular weight excluding hydrogens is 144 g/mol. The minimum Gasteiger partial charge on any atom is -0.374 e. The van der Waals surface area contributed by atoms with E-state index in [0.29, 0.717) is 0 Å². The zero-order chi connectivity index (χ0) is 8.27. The molecule has 3 N–H and O–H groups in total. The molecule has 0 spiro atoms. The van der Waals surface area contributed by atoms with E-state index in [2.05, 4.69) is 10.4 Å². The van der Waals surface area contributed by atoms with Crippen LogP contribution in [0, 0.1) is 0 Å². The third kappa shape index (κ3) is 2.29. The van der Waals surface area contributed by atoms with Gasteiger partial charge in [-0.2, -0.15) is 5.10 Å². The van der Waals surface area contributed by atoms with Crippen LogP contribution in [0.2, 0.25) is 0 Å². The lowest BCUT2D eigenvalue weighted by Gasteiger charge is -1.96. The standard InChI is InChI=1S/C6H10N4O/c1-10-4-5(2-9-10)8-3-6(7)11/h2,4,8H,3H2,1H3,(H2,7,11). The fourth-order valence-corrected chi connectivity index (χ4v) is 0.702. The summed E-state index contributed by atoms with van der Waals surface area (Å²) in [7, 11) is 1.80. The fraction of sp³-hybridized carbons (Fsp3) is 0.333. The second kappa shape index (κ2) is 3.05. The van der Waals surface area contributed by atoms with Crippen molar-refractivity contribution in [1.29, 1.82) is 0 Å². The zero-order valence-electron chi connectivity index (χ0n) is 6.24. The second-order valence-corrected chi connectivity index (χ2v) is 2.22. The topological polar surface area (TPSA) is 72.9 Å². The van der Waals surface area contributed by atoms with E-state index in [1.807, 2.05) is 0 Å². The van der Waals surface area contributed by atoms with E-state index in [9.17, 15) is 4.79 Å². The third-order valence-corrected chi connectivity index (χ3v) is 1.17. The number of aryl methyl sites for hydroxylation is 1. The van der Waals surface area contributed by atoms with Crippen LogP contribution in [-0.2, 0) is 11.8 Å². The molecule has 0 atom stereocenters. The van der Waals surface area contributed by atoms with Crippen LogP contribution in [0.15, 0.2) is 12.4 Å². The molecule has 1 rings (SSSR count). The van der Waals surface area contributed by atoms with E-state index in [4.69, 9.17) is 5.73 Å². The Hall–Kier alpha value is -1.52. The lowest BCUT2D eigenvalue weighted by molar-refractivity contribution is -0.116. The van der Waals surface area contributed by atoms with Gasteiger partial charge in [0.25, 0.3) is 0 Å². The average Bonchev–Trinajstić information content (AvgIpc) is 2.31. The van der Waals surface area contributed by atoms with Gasteiger partial charge in [-0.25, -0.2) is 0 Å². The second-order valence-electron chi connectivity index (χ2n) is 2.22. The summed E-state index contributed by atoms with van der Waals surface area (Å²) >= 11 is 0. The summed E-state index contributed by atoms with van der Waals surface area (Å²) in [5.41, 5.74) is 5.72. The zero-order valence-corrected chi connectivity index (χ0v) is 6.24. The molecule has 0 unspecified atom stereocenters. The predicted molar refractivity (Wildman–Crippen MR) is 40.9 cm³/mol. The highest BCUT2D eigenvalue weighted by Crippen LogP contribution is 2.01. The van der Waals surface area contributed by atoms with Crippen molar-refractivity contribution in [1.82, 2.24) is 9.78 Å². The van der Waals surface area contributed by atoms with E-state index in [0.717, 1.165) is 5.69 Å². The molecule has 0 aliphatic rings. The minimum absolute atomic E-state index is 0.145. The Balaban J connectivity index is 2.45. The van der Waals surface area contributed by atoms with Crippen molar-refractivity contribution < 1.29 is 4.79 Å². The van der Waals surface area contributed by atoms with E-state index in [-0.39, 0.29) is 12.5 Å². The number of hydrogen-bond donors (Lipinski definition) is 2. The number of amides is 1. The number of carbonyl (C=O) groups is 1. The number of carbonyl (C=O) groups excluding carboxylic acids is 1. The molecule has 0 aromatic carbocycles. The SMILES string of the molecule is Cn1cc(NCC(N)=O)cn1. The van der Waals surface area contributed by atoms with Crippen molar-refractivity contribution in [2.45, 2.75) is 0 Å². The molecule has 0 saturated carbocycles. The van der Waals surface area contributed by atoms with Gasteiger partial charge in [-0.3, -0.25) is 9.48 Å². The van der Waals surface area contributed by atoms with E-state index < -0.39 is 0 Å². The quantitative estimate of drug-likeness (QED) is 0.605. The van der Waals surface area contributed by atoms with Crippen LogP contribution in [-0.4, -0.2) is 22.2 Å². The highest BCUT2D eigenvalue weighted by Gasteiger charge is 1.95. The summed E-state index contributed by atoms with van der Waals surface area (Å²) in [6, 6.07) is 0. The van der Waals surface area contributed by atoms with Gasteiger partial charge in [0.05, 0.1) is 18.4 Å². The highest BCUT2D eigenvalue weighted by atomic mass is 16.1. The molecule has 0 aliphatic carbocycles. The van der Waals surface area contributed by atoms with Crippen LogP contribution in [0.3, 0.4) is 0 Å². The van der Waals surface area contributed by atoms with Crippen molar-refractivity contribution >= 4 is 11.6 Å². The van der Waals surface area contributed by atoms with Crippen molar-refractivity contribution in [2.24, 2.45) is 12.8 Å². The largest absolute Gasteiger partial charge is 0.374 e. The number of nitrogens with one attached hydrogen (secondary N) is 1. The van der Waals surface area contributed by atoms with Crippen LogP contribution in [0.4, 0.5) is 5.69 Å². The maximum Gasteiger partial charge on any atom is 0.236 e. The fourth-order valence-electron chi connectivity index (χ4n) is 0.702.